The molecule has 0 aliphatic heterocycles. The summed E-state index contributed by atoms with van der Waals surface area (Å²) in [4.78, 5) is 25.5. The Kier molecular flexibility index (Phi) is 3.28. The summed E-state index contributed by atoms with van der Waals surface area (Å²) in [6.07, 6.45) is 0. The zero-order chi connectivity index (χ0) is 13.4. The van der Waals surface area contributed by atoms with Crippen LogP contribution in [0.4, 0.5) is 4.39 Å². The highest BCUT2D eigenvalue weighted by atomic mass is 35.5. The van der Waals surface area contributed by atoms with Gasteiger partial charge in [-0.15, -0.1) is 0 Å². The van der Waals surface area contributed by atoms with Crippen LogP contribution < -0.4 is 11.2 Å². The van der Waals surface area contributed by atoms with Crippen molar-refractivity contribution < 1.29 is 4.39 Å². The van der Waals surface area contributed by atoms with E-state index in [4.69, 9.17) is 23.2 Å². The molecule has 0 unspecified atom stereocenters. The zero-order valence-corrected chi connectivity index (χ0v) is 10.6. The van der Waals surface area contributed by atoms with E-state index in [1.54, 1.807) is 19.1 Å². The lowest BCUT2D eigenvalue weighted by molar-refractivity contribution is 0.584. The molecule has 2 aromatic rings. The van der Waals surface area contributed by atoms with Crippen molar-refractivity contribution >= 4 is 23.2 Å². The third-order valence-corrected chi connectivity index (χ3v) is 3.15. The second-order valence-electron chi connectivity index (χ2n) is 3.58. The summed E-state index contributed by atoms with van der Waals surface area (Å²) in [6, 6.07) is 4.65. The molecular formula is C11H7Cl2FN2O2. The minimum absolute atomic E-state index is 0.212. The van der Waals surface area contributed by atoms with Gasteiger partial charge in [0.05, 0.1) is 5.69 Å². The number of aromatic amines is 1. The molecule has 0 saturated carbocycles. The third-order valence-electron chi connectivity index (χ3n) is 2.48. The van der Waals surface area contributed by atoms with Crippen molar-refractivity contribution in [3.63, 3.8) is 0 Å². The Bertz CT molecular complexity index is 737. The molecule has 0 amide bonds. The van der Waals surface area contributed by atoms with Gasteiger partial charge in [0.2, 0.25) is 5.82 Å². The largest absolute Gasteiger partial charge is 0.334 e. The first-order valence-electron chi connectivity index (χ1n) is 4.89. The lowest BCUT2D eigenvalue weighted by atomic mass is 10.2. The molecule has 2 rings (SSSR count). The SMILES string of the molecule is Cc1c(Cl)cccc1-n1c(=O)[nH]c(Cl)c(F)c1=O. The molecule has 0 spiro atoms. The second kappa shape index (κ2) is 4.59. The number of rotatable bonds is 1. The van der Waals surface area contributed by atoms with E-state index < -0.39 is 22.2 Å². The topological polar surface area (TPSA) is 54.9 Å². The standard InChI is InChI=1S/C11H7Cl2FN2O2/c1-5-6(12)3-2-4-7(5)16-10(17)8(14)9(13)15-11(16)18/h2-4H,1H3,(H,15,18). The van der Waals surface area contributed by atoms with Crippen LogP contribution in [0, 0.1) is 12.7 Å². The van der Waals surface area contributed by atoms with Crippen molar-refractivity contribution in [2.24, 2.45) is 0 Å². The van der Waals surface area contributed by atoms with Crippen LogP contribution in [0.1, 0.15) is 5.56 Å². The highest BCUT2D eigenvalue weighted by Gasteiger charge is 2.15. The fourth-order valence-electron chi connectivity index (χ4n) is 1.55. The average Bonchev–Trinajstić information content (AvgIpc) is 2.32. The van der Waals surface area contributed by atoms with E-state index in [1.165, 1.54) is 6.07 Å². The molecule has 4 nitrogen and oxygen atoms in total. The number of nitrogens with one attached hydrogen (secondary N) is 1. The number of H-pyrrole nitrogens is 1. The maximum Gasteiger partial charge on any atom is 0.334 e. The van der Waals surface area contributed by atoms with Crippen LogP contribution in [0.3, 0.4) is 0 Å². The number of hydrogen-bond donors (Lipinski definition) is 1. The predicted molar refractivity (Wildman–Crippen MR) is 67.4 cm³/mol. The molecule has 1 N–H and O–H groups in total. The highest BCUT2D eigenvalue weighted by molar-refractivity contribution is 6.31. The fourth-order valence-corrected chi connectivity index (χ4v) is 1.88. The monoisotopic (exact) mass is 288 g/mol. The first-order chi connectivity index (χ1) is 8.43. The van der Waals surface area contributed by atoms with Crippen LogP contribution in [0.25, 0.3) is 5.69 Å². The van der Waals surface area contributed by atoms with Gasteiger partial charge in [0.1, 0.15) is 0 Å². The minimum atomic E-state index is -1.21. The Labute approximate surface area is 111 Å². The molecule has 1 aromatic carbocycles. The van der Waals surface area contributed by atoms with Crippen LogP contribution in [0.2, 0.25) is 10.2 Å². The van der Waals surface area contributed by atoms with Gasteiger partial charge < -0.3 is 0 Å². The normalized spacial score (nSPS) is 10.7. The Morgan fingerprint density at radius 3 is 2.61 bits per heavy atom. The number of aromatic nitrogens is 2. The van der Waals surface area contributed by atoms with Gasteiger partial charge in [0, 0.05) is 5.02 Å². The van der Waals surface area contributed by atoms with E-state index in [0.717, 1.165) is 0 Å². The van der Waals surface area contributed by atoms with Crippen molar-refractivity contribution in [2.45, 2.75) is 6.92 Å². The van der Waals surface area contributed by atoms with Crippen LogP contribution >= 0.6 is 23.2 Å². The Hall–Kier alpha value is -1.59. The minimum Gasteiger partial charge on any atom is -0.295 e. The van der Waals surface area contributed by atoms with Crippen LogP contribution in [-0.2, 0) is 0 Å². The van der Waals surface area contributed by atoms with Gasteiger partial charge in [-0.2, -0.15) is 4.39 Å². The van der Waals surface area contributed by atoms with Crippen molar-refractivity contribution in [3.05, 3.63) is 60.6 Å². The summed E-state index contributed by atoms with van der Waals surface area (Å²) in [6.45, 7) is 1.62. The second-order valence-corrected chi connectivity index (χ2v) is 4.37. The molecule has 1 aromatic heterocycles. The summed E-state index contributed by atoms with van der Waals surface area (Å²) in [7, 11) is 0. The summed E-state index contributed by atoms with van der Waals surface area (Å²) in [5.41, 5.74) is -1.23. The zero-order valence-electron chi connectivity index (χ0n) is 9.13. The molecule has 0 aliphatic carbocycles. The summed E-state index contributed by atoms with van der Waals surface area (Å²) in [5, 5.41) is -0.241. The summed E-state index contributed by atoms with van der Waals surface area (Å²) >= 11 is 11.3. The maximum atomic E-state index is 13.4. The first-order valence-corrected chi connectivity index (χ1v) is 5.65. The van der Waals surface area contributed by atoms with Crippen molar-refractivity contribution in [2.75, 3.05) is 0 Å². The van der Waals surface area contributed by atoms with Crippen LogP contribution in [0.5, 0.6) is 0 Å². The van der Waals surface area contributed by atoms with Crippen LogP contribution in [-0.4, -0.2) is 9.55 Å². The highest BCUT2D eigenvalue weighted by Crippen LogP contribution is 2.20. The molecule has 0 bridgehead atoms. The molecule has 18 heavy (non-hydrogen) atoms. The van der Waals surface area contributed by atoms with E-state index in [2.05, 4.69) is 0 Å². The molecule has 94 valence electrons. The number of halogens is 3. The van der Waals surface area contributed by atoms with Gasteiger partial charge in [-0.3, -0.25) is 9.78 Å². The molecule has 0 radical (unpaired) electrons. The quantitative estimate of drug-likeness (QED) is 0.819. The maximum absolute atomic E-state index is 13.4. The van der Waals surface area contributed by atoms with Gasteiger partial charge in [-0.25, -0.2) is 9.36 Å². The molecule has 1 heterocycles. The van der Waals surface area contributed by atoms with Gasteiger partial charge >= 0.3 is 5.69 Å². The fraction of sp³-hybridized carbons (Fsp3) is 0.0909. The van der Waals surface area contributed by atoms with E-state index in [0.29, 0.717) is 15.2 Å². The van der Waals surface area contributed by atoms with Gasteiger partial charge in [-0.1, -0.05) is 29.3 Å². The molecule has 0 aliphatic rings. The predicted octanol–water partition coefficient (Wildman–Crippen LogP) is 2.28. The lowest BCUT2D eigenvalue weighted by Crippen LogP contribution is -2.36. The third kappa shape index (κ3) is 1.95. The Morgan fingerprint density at radius 1 is 1.28 bits per heavy atom. The molecular weight excluding hydrogens is 282 g/mol. The van der Waals surface area contributed by atoms with Crippen molar-refractivity contribution in [1.82, 2.24) is 9.55 Å². The van der Waals surface area contributed by atoms with E-state index >= 15 is 0 Å². The summed E-state index contributed by atoms with van der Waals surface area (Å²) < 4.78 is 14.1. The van der Waals surface area contributed by atoms with Gasteiger partial charge in [0.25, 0.3) is 5.56 Å². The van der Waals surface area contributed by atoms with E-state index in [9.17, 15) is 14.0 Å². The molecule has 0 saturated heterocycles. The van der Waals surface area contributed by atoms with E-state index in [-0.39, 0.29) is 5.69 Å². The lowest BCUT2D eigenvalue weighted by Gasteiger charge is -2.09. The smallest absolute Gasteiger partial charge is 0.295 e. The van der Waals surface area contributed by atoms with Crippen LogP contribution in [0.15, 0.2) is 27.8 Å². The number of hydrogen-bond acceptors (Lipinski definition) is 2. The van der Waals surface area contributed by atoms with E-state index in [1.807, 2.05) is 4.98 Å². The number of nitrogens with zero attached hydrogens (tertiary/aromatic N) is 1. The van der Waals surface area contributed by atoms with Crippen molar-refractivity contribution in [1.29, 1.82) is 0 Å². The Morgan fingerprint density at radius 2 is 1.94 bits per heavy atom. The van der Waals surface area contributed by atoms with Crippen molar-refractivity contribution in [3.8, 4) is 5.69 Å². The molecule has 0 fully saturated rings. The number of benzene rings is 1. The summed E-state index contributed by atoms with van der Waals surface area (Å²) in [5.74, 6) is -1.21. The van der Waals surface area contributed by atoms with Gasteiger partial charge in [-0.05, 0) is 24.6 Å². The average molecular weight is 289 g/mol. The molecule has 7 heteroatoms. The molecule has 0 atom stereocenters. The van der Waals surface area contributed by atoms with Gasteiger partial charge in [0.15, 0.2) is 5.15 Å². The first kappa shape index (κ1) is 12.9. The Balaban J connectivity index is 2.89.